The summed E-state index contributed by atoms with van der Waals surface area (Å²) in [6.45, 7) is 0. The molecule has 1 aliphatic rings. The third-order valence-electron chi connectivity index (χ3n) is 3.83. The molecule has 0 radical (unpaired) electrons. The van der Waals surface area contributed by atoms with Gasteiger partial charge >= 0.3 is 0 Å². The van der Waals surface area contributed by atoms with Crippen molar-refractivity contribution in [2.24, 2.45) is 0 Å². The topological polar surface area (TPSA) is 87.0 Å². The lowest BCUT2D eigenvalue weighted by Crippen LogP contribution is -2.38. The molecule has 2 N–H and O–H groups in total. The average Bonchev–Trinajstić information content (AvgIpc) is 3.18. The first-order valence-electron chi connectivity index (χ1n) is 7.46. The third-order valence-corrected chi connectivity index (χ3v) is 5.28. The number of carbonyl (C=O) groups is 1. The molecular formula is C16H13N5O2S2. The number of H-pyrrole nitrogens is 1. The summed E-state index contributed by atoms with van der Waals surface area (Å²) >= 11 is 6.79. The number of rotatable bonds is 3. The van der Waals surface area contributed by atoms with Crippen molar-refractivity contribution in [3.63, 3.8) is 0 Å². The molecule has 3 heterocycles. The molecule has 0 aliphatic carbocycles. The number of carbonyl (C=O) groups excluding carboxylic acids is 1. The van der Waals surface area contributed by atoms with E-state index in [0.29, 0.717) is 21.9 Å². The van der Waals surface area contributed by atoms with E-state index in [0.717, 1.165) is 5.56 Å². The molecule has 1 aromatic carbocycles. The van der Waals surface area contributed by atoms with Crippen molar-refractivity contribution in [3.8, 4) is 17.1 Å². The number of amides is 1. The van der Waals surface area contributed by atoms with Gasteiger partial charge in [-0.25, -0.2) is 14.8 Å². The molecule has 0 spiro atoms. The Labute approximate surface area is 152 Å². The maximum absolute atomic E-state index is 12.6. The number of hydrogen-bond acceptors (Lipinski definition) is 6. The van der Waals surface area contributed by atoms with Gasteiger partial charge in [-0.2, -0.15) is 5.10 Å². The number of aromatic amines is 1. The standard InChI is InChI=1S/C16H13N5O2S2/c22-12-6-2-1-5-11(12)15-20(13(23)9-25-15)21-14(18-19-16(21)24)10-4-3-7-17-8-10/h1-8,15,22H,9H2,(H,19,24). The van der Waals surface area contributed by atoms with Gasteiger partial charge in [-0.15, -0.1) is 11.8 Å². The highest BCUT2D eigenvalue weighted by molar-refractivity contribution is 8.00. The first-order valence-corrected chi connectivity index (χ1v) is 8.92. The quantitative estimate of drug-likeness (QED) is 0.688. The minimum Gasteiger partial charge on any atom is -0.508 e. The van der Waals surface area contributed by atoms with Crippen LogP contribution in [0.4, 0.5) is 0 Å². The summed E-state index contributed by atoms with van der Waals surface area (Å²) in [4.78, 5) is 16.7. The number of aromatic nitrogens is 4. The first kappa shape index (κ1) is 15.9. The van der Waals surface area contributed by atoms with E-state index in [1.807, 2.05) is 12.1 Å². The number of nitrogens with zero attached hydrogens (tertiary/aromatic N) is 4. The molecule has 1 aliphatic heterocycles. The molecular weight excluding hydrogens is 358 g/mol. The smallest absolute Gasteiger partial charge is 0.252 e. The highest BCUT2D eigenvalue weighted by atomic mass is 32.2. The first-order chi connectivity index (χ1) is 12.2. The van der Waals surface area contributed by atoms with Gasteiger partial charge in [0.2, 0.25) is 4.77 Å². The highest BCUT2D eigenvalue weighted by Crippen LogP contribution is 2.41. The van der Waals surface area contributed by atoms with Crippen molar-refractivity contribution in [1.29, 1.82) is 0 Å². The third kappa shape index (κ3) is 2.71. The zero-order chi connectivity index (χ0) is 17.4. The molecule has 0 bridgehead atoms. The molecule has 126 valence electrons. The van der Waals surface area contributed by atoms with Crippen LogP contribution in [-0.4, -0.2) is 36.6 Å². The molecule has 1 saturated heterocycles. The Morgan fingerprint density at radius 2 is 2.12 bits per heavy atom. The minimum atomic E-state index is -0.395. The number of phenols is 1. The number of nitrogens with one attached hydrogen (secondary N) is 1. The van der Waals surface area contributed by atoms with Gasteiger partial charge in [0.25, 0.3) is 5.91 Å². The summed E-state index contributed by atoms with van der Waals surface area (Å²) in [7, 11) is 0. The van der Waals surface area contributed by atoms with Gasteiger partial charge in [-0.3, -0.25) is 9.78 Å². The molecule has 25 heavy (non-hydrogen) atoms. The van der Waals surface area contributed by atoms with E-state index < -0.39 is 5.37 Å². The summed E-state index contributed by atoms with van der Waals surface area (Å²) in [5.74, 6) is 0.811. The van der Waals surface area contributed by atoms with Gasteiger partial charge in [-0.05, 0) is 30.4 Å². The average molecular weight is 371 g/mol. The van der Waals surface area contributed by atoms with Crippen molar-refractivity contribution in [2.75, 3.05) is 10.8 Å². The van der Waals surface area contributed by atoms with Crippen LogP contribution < -0.4 is 5.01 Å². The second kappa shape index (κ2) is 6.34. The highest BCUT2D eigenvalue weighted by Gasteiger charge is 2.37. The van der Waals surface area contributed by atoms with Gasteiger partial charge in [0.05, 0.1) is 5.75 Å². The number of aromatic hydroxyl groups is 1. The number of para-hydroxylation sites is 1. The fourth-order valence-corrected chi connectivity index (χ4v) is 4.11. The Morgan fingerprint density at radius 3 is 2.88 bits per heavy atom. The van der Waals surface area contributed by atoms with E-state index in [1.54, 1.807) is 41.3 Å². The minimum absolute atomic E-state index is 0.110. The SMILES string of the molecule is O=C1CSC(c2ccccc2O)N1n1c(-c2cccnc2)n[nH]c1=S. The van der Waals surface area contributed by atoms with Crippen LogP contribution in [0.5, 0.6) is 5.75 Å². The number of pyridine rings is 1. The van der Waals surface area contributed by atoms with E-state index in [1.165, 1.54) is 16.8 Å². The van der Waals surface area contributed by atoms with Crippen LogP contribution >= 0.6 is 24.0 Å². The van der Waals surface area contributed by atoms with E-state index >= 15 is 0 Å². The van der Waals surface area contributed by atoms with E-state index in [9.17, 15) is 9.90 Å². The Hall–Kier alpha value is -2.65. The van der Waals surface area contributed by atoms with Crippen molar-refractivity contribution in [2.45, 2.75) is 5.37 Å². The second-order valence-corrected chi connectivity index (χ2v) is 6.82. The molecule has 1 amide bonds. The lowest BCUT2D eigenvalue weighted by molar-refractivity contribution is -0.117. The summed E-state index contributed by atoms with van der Waals surface area (Å²) in [5.41, 5.74) is 1.38. The van der Waals surface area contributed by atoms with Crippen LogP contribution in [0, 0.1) is 4.77 Å². The predicted octanol–water partition coefficient (Wildman–Crippen LogP) is 2.62. The summed E-state index contributed by atoms with van der Waals surface area (Å²) in [6, 6.07) is 10.6. The summed E-state index contributed by atoms with van der Waals surface area (Å²) < 4.78 is 1.88. The Kier molecular flexibility index (Phi) is 4.02. The van der Waals surface area contributed by atoms with Crippen molar-refractivity contribution < 1.29 is 9.90 Å². The number of hydrogen-bond donors (Lipinski definition) is 2. The fraction of sp³-hybridized carbons (Fsp3) is 0.125. The Morgan fingerprint density at radius 1 is 1.28 bits per heavy atom. The molecule has 3 aromatic rings. The van der Waals surface area contributed by atoms with Crippen LogP contribution in [0.25, 0.3) is 11.4 Å². The van der Waals surface area contributed by atoms with E-state index in [4.69, 9.17) is 12.2 Å². The molecule has 1 fully saturated rings. The Bertz CT molecular complexity index is 985. The fourth-order valence-electron chi connectivity index (χ4n) is 2.73. The lowest BCUT2D eigenvalue weighted by atomic mass is 10.2. The number of phenolic OH excluding ortho intramolecular Hbond substituents is 1. The van der Waals surface area contributed by atoms with Crippen LogP contribution in [-0.2, 0) is 4.79 Å². The predicted molar refractivity (Wildman–Crippen MR) is 97.2 cm³/mol. The van der Waals surface area contributed by atoms with Gasteiger partial charge in [-0.1, -0.05) is 18.2 Å². The van der Waals surface area contributed by atoms with E-state index in [-0.39, 0.29) is 11.7 Å². The van der Waals surface area contributed by atoms with Crippen LogP contribution in [0.3, 0.4) is 0 Å². The van der Waals surface area contributed by atoms with Crippen LogP contribution in [0.2, 0.25) is 0 Å². The lowest BCUT2D eigenvalue weighted by Gasteiger charge is -2.26. The van der Waals surface area contributed by atoms with Gasteiger partial charge in [0.1, 0.15) is 11.1 Å². The molecule has 4 rings (SSSR count). The molecule has 9 heteroatoms. The zero-order valence-electron chi connectivity index (χ0n) is 12.9. The molecule has 1 atom stereocenters. The maximum Gasteiger partial charge on any atom is 0.252 e. The Balaban J connectivity index is 1.86. The van der Waals surface area contributed by atoms with Crippen molar-refractivity contribution >= 4 is 29.9 Å². The van der Waals surface area contributed by atoms with Gasteiger partial charge in [0, 0.05) is 23.5 Å². The van der Waals surface area contributed by atoms with Crippen molar-refractivity contribution in [1.82, 2.24) is 19.9 Å². The van der Waals surface area contributed by atoms with Gasteiger partial charge < -0.3 is 5.11 Å². The largest absolute Gasteiger partial charge is 0.508 e. The summed E-state index contributed by atoms with van der Waals surface area (Å²) in [5, 5.41) is 18.3. The second-order valence-electron chi connectivity index (χ2n) is 5.37. The normalized spacial score (nSPS) is 17.2. The zero-order valence-corrected chi connectivity index (χ0v) is 14.5. The summed E-state index contributed by atoms with van der Waals surface area (Å²) in [6.07, 6.45) is 3.32. The van der Waals surface area contributed by atoms with Crippen LogP contribution in [0.15, 0.2) is 48.8 Å². The number of thioether (sulfide) groups is 1. The maximum atomic E-state index is 12.6. The molecule has 2 aromatic heterocycles. The van der Waals surface area contributed by atoms with Crippen molar-refractivity contribution in [3.05, 3.63) is 59.1 Å². The molecule has 0 saturated carbocycles. The molecule has 1 unspecified atom stereocenters. The van der Waals surface area contributed by atoms with Gasteiger partial charge in [0.15, 0.2) is 5.82 Å². The van der Waals surface area contributed by atoms with Crippen LogP contribution in [0.1, 0.15) is 10.9 Å². The number of benzene rings is 1. The monoisotopic (exact) mass is 371 g/mol. The van der Waals surface area contributed by atoms with E-state index in [2.05, 4.69) is 15.2 Å². The molecule has 7 nitrogen and oxygen atoms in total.